The smallest absolute Gasteiger partial charge is 0.209 e. The molecule has 9 heteroatoms. The van der Waals surface area contributed by atoms with E-state index in [9.17, 15) is 34.8 Å². The number of likely N-dealkylation sites (tertiary alicyclic amines) is 1. The molecule has 0 radical (unpaired) electrons. The lowest BCUT2D eigenvalue weighted by molar-refractivity contribution is -0.146. The first-order valence-corrected chi connectivity index (χ1v) is 12.5. The number of Topliss-reactive ketones (excluding diaryl/α,β-unsaturated/α-hetero) is 3. The Morgan fingerprint density at radius 2 is 1.94 bits per heavy atom. The Labute approximate surface area is 209 Å². The van der Waals surface area contributed by atoms with Crippen LogP contribution in [0.1, 0.15) is 60.6 Å². The van der Waals surface area contributed by atoms with E-state index in [0.717, 1.165) is 31.9 Å². The zero-order chi connectivity index (χ0) is 26.1. The van der Waals surface area contributed by atoms with Gasteiger partial charge in [0.25, 0.3) is 0 Å². The first-order valence-electron chi connectivity index (χ1n) is 12.5. The molecule has 1 unspecified atom stereocenters. The highest BCUT2D eigenvalue weighted by Gasteiger charge is 2.62. The van der Waals surface area contributed by atoms with Gasteiger partial charge >= 0.3 is 0 Å². The molecule has 4 aliphatic rings. The Morgan fingerprint density at radius 3 is 2.56 bits per heavy atom. The summed E-state index contributed by atoms with van der Waals surface area (Å²) < 4.78 is 0. The lowest BCUT2D eigenvalue weighted by Crippen LogP contribution is -2.63. The number of nitrogens with zero attached hydrogens (tertiary/aromatic N) is 1. The Bertz CT molecular complexity index is 1250. The molecule has 0 aromatic heterocycles. The third-order valence-electron chi connectivity index (χ3n) is 8.47. The van der Waals surface area contributed by atoms with Gasteiger partial charge in [-0.3, -0.25) is 19.3 Å². The highest BCUT2D eigenvalue weighted by atomic mass is 16.3. The first-order chi connectivity index (χ1) is 17.0. The summed E-state index contributed by atoms with van der Waals surface area (Å²) in [6.07, 6.45) is 2.43. The van der Waals surface area contributed by atoms with Gasteiger partial charge in [0.15, 0.2) is 17.2 Å². The summed E-state index contributed by atoms with van der Waals surface area (Å²) in [6.45, 7) is 4.21. The number of ketones is 3. The van der Waals surface area contributed by atoms with Crippen molar-refractivity contribution in [3.8, 4) is 5.75 Å². The lowest BCUT2D eigenvalue weighted by Gasteiger charge is -2.49. The molecule has 1 aromatic rings. The lowest BCUT2D eigenvalue weighted by atomic mass is 9.58. The predicted molar refractivity (Wildman–Crippen MR) is 130 cm³/mol. The molecule has 192 valence electrons. The van der Waals surface area contributed by atoms with Crippen LogP contribution in [0.15, 0.2) is 34.8 Å². The van der Waals surface area contributed by atoms with Crippen LogP contribution in [0, 0.1) is 11.8 Å². The summed E-state index contributed by atoms with van der Waals surface area (Å²) in [5.41, 5.74) is -1.59. The molecule has 1 saturated heterocycles. The van der Waals surface area contributed by atoms with Crippen molar-refractivity contribution in [3.05, 3.63) is 51.5 Å². The van der Waals surface area contributed by atoms with Crippen LogP contribution in [0.25, 0.3) is 0 Å². The van der Waals surface area contributed by atoms with Crippen LogP contribution in [-0.2, 0) is 16.0 Å². The van der Waals surface area contributed by atoms with Gasteiger partial charge in [-0.05, 0) is 75.9 Å². The number of aromatic hydroxyl groups is 1. The molecule has 1 fully saturated rings. The summed E-state index contributed by atoms with van der Waals surface area (Å²) in [4.78, 5) is 41.4. The second-order valence-corrected chi connectivity index (χ2v) is 10.5. The number of carbonyl (C=O) groups excluding carboxylic acids is 3. The molecule has 5 N–H and O–H groups in total. The van der Waals surface area contributed by atoms with Crippen LogP contribution < -0.4 is 5.32 Å². The number of aliphatic hydroxyl groups is 3. The van der Waals surface area contributed by atoms with Crippen LogP contribution >= 0.6 is 0 Å². The van der Waals surface area contributed by atoms with E-state index >= 15 is 0 Å². The fourth-order valence-corrected chi connectivity index (χ4v) is 6.81. The van der Waals surface area contributed by atoms with Crippen molar-refractivity contribution in [2.24, 2.45) is 11.8 Å². The molecule has 5 rings (SSSR count). The molecule has 1 aliphatic heterocycles. The number of hydrogen-bond acceptors (Lipinski definition) is 9. The maximum atomic E-state index is 13.6. The van der Waals surface area contributed by atoms with Crippen LogP contribution in [-0.4, -0.2) is 74.5 Å². The minimum absolute atomic E-state index is 0.0657. The van der Waals surface area contributed by atoms with Gasteiger partial charge < -0.3 is 25.7 Å². The predicted octanol–water partition coefficient (Wildman–Crippen LogP) is 2.04. The van der Waals surface area contributed by atoms with E-state index in [0.29, 0.717) is 18.5 Å². The summed E-state index contributed by atoms with van der Waals surface area (Å²) in [5.74, 6) is -5.45. The van der Waals surface area contributed by atoms with E-state index in [4.69, 9.17) is 0 Å². The van der Waals surface area contributed by atoms with E-state index in [-0.39, 0.29) is 29.3 Å². The molecule has 3 aliphatic carbocycles. The second-order valence-electron chi connectivity index (χ2n) is 10.5. The van der Waals surface area contributed by atoms with Crippen molar-refractivity contribution in [1.82, 2.24) is 10.2 Å². The standard InChI is InChI=1S/C27H32N2O7/c1-4-28-22-16-10-15-9-14-8-13(17-6-5-7-29(17)3)11-18(31)20(14)23(32)21(15)26(35)27(16,36)25(34)19(12(2)30)24(22)33/h8,11,15-17,22,28,31,33,35-36H,4-7,9-10H2,1-3H3/t15-,16-,17?,22-,27+/m0/s1. The Morgan fingerprint density at radius 1 is 1.22 bits per heavy atom. The van der Waals surface area contributed by atoms with Gasteiger partial charge in [-0.25, -0.2) is 0 Å². The maximum absolute atomic E-state index is 13.6. The molecule has 0 spiro atoms. The number of rotatable bonds is 4. The van der Waals surface area contributed by atoms with Crippen molar-refractivity contribution in [2.75, 3.05) is 20.1 Å². The third-order valence-corrected chi connectivity index (χ3v) is 8.47. The zero-order valence-electron chi connectivity index (χ0n) is 20.7. The molecular formula is C27H32N2O7. The molecule has 0 amide bonds. The minimum atomic E-state index is -2.54. The van der Waals surface area contributed by atoms with Crippen molar-refractivity contribution < 1.29 is 34.8 Å². The molecule has 0 saturated carbocycles. The molecule has 0 bridgehead atoms. The summed E-state index contributed by atoms with van der Waals surface area (Å²) in [5, 5.41) is 47.7. The van der Waals surface area contributed by atoms with E-state index in [1.54, 1.807) is 13.0 Å². The fraction of sp³-hybridized carbons (Fsp3) is 0.519. The first kappa shape index (κ1) is 24.7. The quantitative estimate of drug-likeness (QED) is 0.395. The van der Waals surface area contributed by atoms with Gasteiger partial charge in [0.2, 0.25) is 5.78 Å². The van der Waals surface area contributed by atoms with E-state index < -0.39 is 57.9 Å². The largest absolute Gasteiger partial charge is 0.510 e. The monoisotopic (exact) mass is 496 g/mol. The number of benzene rings is 1. The van der Waals surface area contributed by atoms with Gasteiger partial charge in [-0.15, -0.1) is 0 Å². The van der Waals surface area contributed by atoms with Crippen molar-refractivity contribution in [2.45, 2.75) is 57.2 Å². The number of aliphatic hydroxyl groups excluding tert-OH is 2. The van der Waals surface area contributed by atoms with Gasteiger partial charge in [0.05, 0.1) is 11.6 Å². The topological polar surface area (TPSA) is 147 Å². The van der Waals surface area contributed by atoms with E-state index in [2.05, 4.69) is 10.2 Å². The number of allylic oxidation sites excluding steroid dienone is 1. The average molecular weight is 497 g/mol. The molecule has 5 atom stereocenters. The Hall–Kier alpha value is -3.01. The third kappa shape index (κ3) is 3.29. The van der Waals surface area contributed by atoms with Crippen LogP contribution in [0.2, 0.25) is 0 Å². The van der Waals surface area contributed by atoms with Crippen LogP contribution in [0.5, 0.6) is 5.75 Å². The number of fused-ring (bicyclic) bond motifs is 3. The number of likely N-dealkylation sites (N-methyl/N-ethyl adjacent to an activating group) is 1. The van der Waals surface area contributed by atoms with Gasteiger partial charge in [-0.2, -0.15) is 0 Å². The molecule has 1 aromatic carbocycles. The molecule has 36 heavy (non-hydrogen) atoms. The normalized spacial score (nSPS) is 32.4. The molecule has 9 nitrogen and oxygen atoms in total. The number of phenols is 1. The maximum Gasteiger partial charge on any atom is 0.209 e. The van der Waals surface area contributed by atoms with Crippen LogP contribution in [0.3, 0.4) is 0 Å². The average Bonchev–Trinajstić information content (AvgIpc) is 3.24. The summed E-state index contributed by atoms with van der Waals surface area (Å²) in [7, 11) is 2.02. The SMILES string of the molecule is CCN[C@@H]1C(O)=C(C(C)=O)C(=O)[C@@]2(O)C(O)=C3C(=O)c4c(O)cc(C5CCCN5C)cc4C[C@H]3C[C@@H]12. The van der Waals surface area contributed by atoms with Crippen LogP contribution in [0.4, 0.5) is 0 Å². The summed E-state index contributed by atoms with van der Waals surface area (Å²) >= 11 is 0. The summed E-state index contributed by atoms with van der Waals surface area (Å²) in [6, 6.07) is 2.71. The highest BCUT2D eigenvalue weighted by molar-refractivity contribution is 6.25. The number of hydrogen-bond donors (Lipinski definition) is 5. The van der Waals surface area contributed by atoms with E-state index in [1.807, 2.05) is 13.1 Å². The highest BCUT2D eigenvalue weighted by Crippen LogP contribution is 2.52. The van der Waals surface area contributed by atoms with Crippen molar-refractivity contribution in [1.29, 1.82) is 0 Å². The zero-order valence-corrected chi connectivity index (χ0v) is 20.7. The Kier molecular flexibility index (Phi) is 5.85. The van der Waals surface area contributed by atoms with Gasteiger partial charge in [0.1, 0.15) is 22.8 Å². The van der Waals surface area contributed by atoms with Crippen molar-refractivity contribution >= 4 is 17.3 Å². The number of nitrogens with one attached hydrogen (secondary N) is 1. The molecular weight excluding hydrogens is 464 g/mol. The number of carbonyl (C=O) groups is 3. The number of phenolic OH excluding ortho intramolecular Hbond substituents is 1. The fourth-order valence-electron chi connectivity index (χ4n) is 6.81. The van der Waals surface area contributed by atoms with Gasteiger partial charge in [-0.1, -0.05) is 13.0 Å². The second kappa shape index (κ2) is 8.54. The van der Waals surface area contributed by atoms with Gasteiger partial charge in [0, 0.05) is 17.5 Å². The van der Waals surface area contributed by atoms with E-state index in [1.165, 1.54) is 0 Å². The minimum Gasteiger partial charge on any atom is -0.510 e. The molecule has 1 heterocycles. The van der Waals surface area contributed by atoms with Crippen molar-refractivity contribution in [3.63, 3.8) is 0 Å². The Balaban J connectivity index is 1.64.